The van der Waals surface area contributed by atoms with Gasteiger partial charge in [0, 0.05) is 11.0 Å². The average Bonchev–Trinajstić information content (AvgIpc) is 2.91. The van der Waals surface area contributed by atoms with Crippen LogP contribution < -0.4 is 0 Å². The minimum atomic E-state index is -0.237. The molecule has 0 saturated heterocycles. The zero-order valence-electron chi connectivity index (χ0n) is 11.4. The fourth-order valence-electron chi connectivity index (χ4n) is 4.26. The van der Waals surface area contributed by atoms with E-state index in [9.17, 15) is 5.11 Å². The highest BCUT2D eigenvalue weighted by Gasteiger charge is 2.55. The highest BCUT2D eigenvalue weighted by molar-refractivity contribution is 5.73. The maximum absolute atomic E-state index is 10.6. The first-order chi connectivity index (χ1) is 8.46. The molecule has 0 spiro atoms. The third-order valence-electron chi connectivity index (χ3n) is 5.39. The molecule has 2 nitrogen and oxygen atoms in total. The van der Waals surface area contributed by atoms with Gasteiger partial charge in [-0.25, -0.2) is 0 Å². The van der Waals surface area contributed by atoms with Crippen molar-refractivity contribution >= 4 is 5.57 Å². The zero-order valence-corrected chi connectivity index (χ0v) is 11.4. The molecule has 0 amide bonds. The monoisotopic (exact) mass is 246 g/mol. The molecule has 2 aliphatic carbocycles. The molecule has 1 saturated carbocycles. The second-order valence-corrected chi connectivity index (χ2v) is 6.74. The molecule has 2 heteroatoms. The summed E-state index contributed by atoms with van der Waals surface area (Å²) in [5.74, 6) is 0.527. The Morgan fingerprint density at radius 1 is 1.33 bits per heavy atom. The number of rotatable bonds is 1. The van der Waals surface area contributed by atoms with Gasteiger partial charge < -0.3 is 9.52 Å². The Morgan fingerprint density at radius 3 is 2.78 bits per heavy atom. The fraction of sp³-hybridized carbons (Fsp3) is 0.625. The molecule has 1 heterocycles. The lowest BCUT2D eigenvalue weighted by Gasteiger charge is -2.51. The number of hydrogen-bond donors (Lipinski definition) is 1. The number of furan rings is 1. The van der Waals surface area contributed by atoms with E-state index in [1.807, 2.05) is 6.07 Å². The first-order valence-electron chi connectivity index (χ1n) is 6.87. The van der Waals surface area contributed by atoms with Gasteiger partial charge in [-0.2, -0.15) is 0 Å². The van der Waals surface area contributed by atoms with Crippen molar-refractivity contribution in [3.8, 4) is 0 Å². The van der Waals surface area contributed by atoms with E-state index < -0.39 is 0 Å². The van der Waals surface area contributed by atoms with Crippen molar-refractivity contribution < 1.29 is 9.52 Å². The fourth-order valence-corrected chi connectivity index (χ4v) is 4.26. The summed E-state index contributed by atoms with van der Waals surface area (Å²) in [5.41, 5.74) is 2.60. The summed E-state index contributed by atoms with van der Waals surface area (Å²) in [4.78, 5) is 0. The van der Waals surface area contributed by atoms with E-state index in [1.54, 1.807) is 12.5 Å². The second-order valence-electron chi connectivity index (χ2n) is 6.74. The Morgan fingerprint density at radius 2 is 2.11 bits per heavy atom. The number of aliphatic hydroxyl groups is 1. The van der Waals surface area contributed by atoms with E-state index in [4.69, 9.17) is 4.42 Å². The van der Waals surface area contributed by atoms with Crippen LogP contribution in [0.4, 0.5) is 0 Å². The summed E-state index contributed by atoms with van der Waals surface area (Å²) in [6, 6.07) is 2.01. The molecule has 1 N–H and O–H groups in total. The van der Waals surface area contributed by atoms with Gasteiger partial charge in [0.15, 0.2) is 0 Å². The molecule has 0 radical (unpaired) electrons. The largest absolute Gasteiger partial charge is 0.472 e. The molecule has 1 aromatic rings. The van der Waals surface area contributed by atoms with Crippen LogP contribution >= 0.6 is 0 Å². The van der Waals surface area contributed by atoms with Crippen LogP contribution in [0.25, 0.3) is 5.57 Å². The Kier molecular flexibility index (Phi) is 2.50. The van der Waals surface area contributed by atoms with Crippen molar-refractivity contribution in [2.75, 3.05) is 0 Å². The topological polar surface area (TPSA) is 33.4 Å². The molecule has 0 bridgehead atoms. The molecule has 0 unspecified atom stereocenters. The van der Waals surface area contributed by atoms with Crippen LogP contribution in [0.1, 0.15) is 45.6 Å². The average molecular weight is 246 g/mol. The van der Waals surface area contributed by atoms with Gasteiger partial charge in [-0.15, -0.1) is 0 Å². The van der Waals surface area contributed by atoms with Crippen LogP contribution in [0.2, 0.25) is 0 Å². The maximum Gasteiger partial charge on any atom is 0.0977 e. The van der Waals surface area contributed by atoms with Crippen molar-refractivity contribution in [3.05, 3.63) is 30.2 Å². The van der Waals surface area contributed by atoms with E-state index >= 15 is 0 Å². The van der Waals surface area contributed by atoms with Crippen molar-refractivity contribution in [2.24, 2.45) is 16.7 Å². The minimum absolute atomic E-state index is 0.119. The predicted molar refractivity (Wildman–Crippen MR) is 71.9 cm³/mol. The van der Waals surface area contributed by atoms with E-state index in [1.165, 1.54) is 5.57 Å². The van der Waals surface area contributed by atoms with Gasteiger partial charge in [0.25, 0.3) is 0 Å². The molecule has 2 aliphatic rings. The lowest BCUT2D eigenvalue weighted by molar-refractivity contribution is -0.0561. The molecule has 18 heavy (non-hydrogen) atoms. The minimum Gasteiger partial charge on any atom is -0.472 e. The van der Waals surface area contributed by atoms with E-state index in [2.05, 4.69) is 26.8 Å². The number of aliphatic hydroxyl groups excluding tert-OH is 1. The Hall–Kier alpha value is -1.02. The Bertz CT molecular complexity index is 469. The van der Waals surface area contributed by atoms with Gasteiger partial charge in [-0.1, -0.05) is 26.8 Å². The summed E-state index contributed by atoms with van der Waals surface area (Å²) in [6.07, 6.45) is 8.67. The molecular formula is C16H22O2. The molecule has 3 rings (SSSR count). The first-order valence-corrected chi connectivity index (χ1v) is 6.87. The van der Waals surface area contributed by atoms with Crippen molar-refractivity contribution in [2.45, 2.75) is 46.1 Å². The van der Waals surface area contributed by atoms with E-state index in [0.717, 1.165) is 24.8 Å². The lowest BCUT2D eigenvalue weighted by atomic mass is 9.54. The number of fused-ring (bicyclic) bond motifs is 1. The first kappa shape index (κ1) is 12.0. The zero-order chi connectivity index (χ0) is 13.0. The van der Waals surface area contributed by atoms with Crippen LogP contribution in [0, 0.1) is 16.7 Å². The van der Waals surface area contributed by atoms with E-state index in [-0.39, 0.29) is 11.5 Å². The molecule has 3 atom stereocenters. The van der Waals surface area contributed by atoms with Gasteiger partial charge >= 0.3 is 0 Å². The van der Waals surface area contributed by atoms with Gasteiger partial charge in [0.05, 0.1) is 18.6 Å². The Labute approximate surface area is 109 Å². The number of hydrogen-bond acceptors (Lipinski definition) is 2. The van der Waals surface area contributed by atoms with Gasteiger partial charge in [0.1, 0.15) is 0 Å². The smallest absolute Gasteiger partial charge is 0.0977 e. The lowest BCUT2D eigenvalue weighted by Crippen LogP contribution is -2.48. The molecule has 0 aliphatic heterocycles. The van der Waals surface area contributed by atoms with Crippen LogP contribution in [0.3, 0.4) is 0 Å². The molecule has 0 aromatic carbocycles. The van der Waals surface area contributed by atoms with Gasteiger partial charge in [0.2, 0.25) is 0 Å². The van der Waals surface area contributed by atoms with Crippen molar-refractivity contribution in [1.82, 2.24) is 0 Å². The summed E-state index contributed by atoms with van der Waals surface area (Å²) in [6.45, 7) is 6.91. The van der Waals surface area contributed by atoms with Crippen LogP contribution in [-0.4, -0.2) is 11.2 Å². The van der Waals surface area contributed by atoms with Crippen LogP contribution in [-0.2, 0) is 0 Å². The Balaban J connectivity index is 2.05. The summed E-state index contributed by atoms with van der Waals surface area (Å²) >= 11 is 0. The third-order valence-corrected chi connectivity index (χ3v) is 5.39. The molecular weight excluding hydrogens is 224 g/mol. The SMILES string of the molecule is CC1(C)CC[C@H](O)[C@@]2(C)C(c3ccoc3)=CC[C@@H]12. The summed E-state index contributed by atoms with van der Waals surface area (Å²) in [7, 11) is 0. The summed E-state index contributed by atoms with van der Waals surface area (Å²) in [5, 5.41) is 10.6. The van der Waals surface area contributed by atoms with Crippen LogP contribution in [0.5, 0.6) is 0 Å². The second kappa shape index (κ2) is 3.74. The molecule has 98 valence electrons. The van der Waals surface area contributed by atoms with Crippen LogP contribution in [0.15, 0.2) is 29.1 Å². The third kappa shape index (κ3) is 1.45. The summed E-state index contributed by atoms with van der Waals surface area (Å²) < 4.78 is 5.22. The molecule has 1 aromatic heterocycles. The standard InChI is InChI=1S/C16H22O2/c1-15(2)8-6-14(17)16(3)12(4-5-13(15)16)11-7-9-18-10-11/h4,7,9-10,13-14,17H,5-6,8H2,1-3H3/t13-,14-,16-/m0/s1. The van der Waals surface area contributed by atoms with Crippen molar-refractivity contribution in [1.29, 1.82) is 0 Å². The van der Waals surface area contributed by atoms with E-state index in [0.29, 0.717) is 11.3 Å². The maximum atomic E-state index is 10.6. The highest BCUT2D eigenvalue weighted by Crippen LogP contribution is 2.61. The van der Waals surface area contributed by atoms with Gasteiger partial charge in [-0.3, -0.25) is 0 Å². The predicted octanol–water partition coefficient (Wildman–Crippen LogP) is 3.87. The van der Waals surface area contributed by atoms with Gasteiger partial charge in [-0.05, 0) is 42.2 Å². The quantitative estimate of drug-likeness (QED) is 0.816. The normalized spacial score (nSPS) is 38.3. The number of allylic oxidation sites excluding steroid dienone is 1. The molecule has 1 fully saturated rings. The highest BCUT2D eigenvalue weighted by atomic mass is 16.3. The van der Waals surface area contributed by atoms with Crippen molar-refractivity contribution in [3.63, 3.8) is 0 Å².